The van der Waals surface area contributed by atoms with Crippen LogP contribution >= 0.6 is 0 Å². The molecular formula is H5KO4SiZn. The van der Waals surface area contributed by atoms with Crippen LogP contribution in [0.5, 0.6) is 0 Å². The van der Waals surface area contributed by atoms with Crippen LogP contribution in [0.3, 0.4) is 0 Å². The molecule has 0 fully saturated rings. The van der Waals surface area contributed by atoms with E-state index in [9.17, 15) is 0 Å². The first-order valence-corrected chi connectivity index (χ1v) is 2.68. The van der Waals surface area contributed by atoms with Gasteiger partial charge in [-0.05, 0) is 0 Å². The zero-order valence-corrected chi connectivity index (χ0v) is 6.96. The van der Waals surface area contributed by atoms with Crippen molar-refractivity contribution in [2.24, 2.45) is 0 Å². The maximum absolute atomic E-state index is 7.33. The van der Waals surface area contributed by atoms with Crippen molar-refractivity contribution in [2.75, 3.05) is 0 Å². The topological polar surface area (TPSA) is 80.9 Å². The van der Waals surface area contributed by atoms with E-state index in [1.165, 1.54) is 0 Å². The molecule has 0 unspecified atom stereocenters. The van der Waals surface area contributed by atoms with Crippen molar-refractivity contribution in [3.05, 3.63) is 0 Å². The van der Waals surface area contributed by atoms with Gasteiger partial charge < -0.3 is 19.2 Å². The average Bonchev–Trinajstić information content (AvgIpc) is 0.722. The molecule has 0 aliphatic heterocycles. The first kappa shape index (κ1) is 16.2. The van der Waals surface area contributed by atoms with Gasteiger partial charge in [-0.25, -0.2) is 0 Å². The molecule has 4 N–H and O–H groups in total. The van der Waals surface area contributed by atoms with E-state index in [1.807, 2.05) is 0 Å². The molecule has 0 aromatic carbocycles. The largest absolute Gasteiger partial charge is 0 e. The van der Waals surface area contributed by atoms with E-state index >= 15 is 0 Å². The Morgan fingerprint density at radius 1 is 0.857 bits per heavy atom. The summed E-state index contributed by atoms with van der Waals surface area (Å²) in [6, 6.07) is 0. The van der Waals surface area contributed by atoms with E-state index in [0.29, 0.717) is 0 Å². The van der Waals surface area contributed by atoms with Gasteiger partial charge in [-0.1, -0.05) is 0 Å². The fourth-order valence-corrected chi connectivity index (χ4v) is 0. The first-order chi connectivity index (χ1) is 2.00. The molecule has 0 amide bonds. The molecule has 0 aromatic heterocycles. The van der Waals surface area contributed by atoms with Gasteiger partial charge in [0.1, 0.15) is 0 Å². The minimum Gasteiger partial charge on any atom is 0 e. The Hall–Kier alpha value is 2.32. The van der Waals surface area contributed by atoms with Gasteiger partial charge in [0.05, 0.1) is 0 Å². The molecule has 0 aliphatic rings. The first-order valence-electron chi connectivity index (χ1n) is 0.894. The van der Waals surface area contributed by atoms with Crippen LogP contribution in [0, 0.1) is 0 Å². The Labute approximate surface area is 97.2 Å². The second-order valence-corrected chi connectivity index (χ2v) is 1.80. The number of hydrogen-bond acceptors (Lipinski definition) is 4. The fraction of sp³-hybridized carbons (Fsp3) is 0. The van der Waals surface area contributed by atoms with Crippen molar-refractivity contribution in [3.63, 3.8) is 0 Å². The maximum atomic E-state index is 7.33. The Kier molecular flexibility index (Phi) is 14.9. The summed E-state index contributed by atoms with van der Waals surface area (Å²) in [4.78, 5) is 29.3. The van der Waals surface area contributed by atoms with Gasteiger partial charge in [0.15, 0.2) is 0 Å². The van der Waals surface area contributed by atoms with Crippen molar-refractivity contribution < 1.29 is 38.7 Å². The van der Waals surface area contributed by atoms with E-state index < -0.39 is 9.05 Å². The minimum atomic E-state index is -4.61. The Balaban J connectivity index is -0.0000000800. The molecule has 0 bridgehead atoms. The zero-order valence-electron chi connectivity index (χ0n) is 3.00. The van der Waals surface area contributed by atoms with Crippen LogP contribution in [0.15, 0.2) is 0 Å². The molecule has 0 atom stereocenters. The van der Waals surface area contributed by atoms with Crippen molar-refractivity contribution in [1.29, 1.82) is 0 Å². The van der Waals surface area contributed by atoms with Crippen molar-refractivity contribution in [2.45, 2.75) is 0 Å². The van der Waals surface area contributed by atoms with Gasteiger partial charge in [-0.15, -0.1) is 0 Å². The molecule has 0 aromatic rings. The molecule has 0 saturated heterocycles. The Bertz CT molecular complexity index is 27.2. The summed E-state index contributed by atoms with van der Waals surface area (Å²) in [5.74, 6) is 0. The van der Waals surface area contributed by atoms with Crippen LogP contribution in [0.25, 0.3) is 0 Å². The van der Waals surface area contributed by atoms with E-state index in [0.717, 1.165) is 0 Å². The number of hydrogen-bond donors (Lipinski definition) is 4. The summed E-state index contributed by atoms with van der Waals surface area (Å²) in [7, 11) is -4.61. The standard InChI is InChI=1S/K.H4O4Si.Zn.H/c;1-5(2,3)4;;/h;1-4H;;. The van der Waals surface area contributed by atoms with Crippen LogP contribution in [-0.4, -0.2) is 79.6 Å². The molecule has 0 spiro atoms. The molecule has 7 heavy (non-hydrogen) atoms. The normalized spacial score (nSPS) is 8.57. The predicted molar refractivity (Wildman–Crippen MR) is 21.8 cm³/mol. The van der Waals surface area contributed by atoms with Crippen molar-refractivity contribution in [3.8, 4) is 0 Å². The van der Waals surface area contributed by atoms with E-state index in [-0.39, 0.29) is 70.9 Å². The summed E-state index contributed by atoms with van der Waals surface area (Å²) in [6.07, 6.45) is 0. The van der Waals surface area contributed by atoms with Crippen LogP contribution in [0.4, 0.5) is 0 Å². The molecular weight excluding hydrogens is 197 g/mol. The molecule has 4 nitrogen and oxygen atoms in total. The van der Waals surface area contributed by atoms with Gasteiger partial charge >= 0.3 is 60.4 Å². The third kappa shape index (κ3) is 61.8. The van der Waals surface area contributed by atoms with Crippen molar-refractivity contribution in [1.82, 2.24) is 0 Å². The minimum absolute atomic E-state index is 0. The average molecular weight is 202 g/mol. The van der Waals surface area contributed by atoms with Gasteiger partial charge in [-0.2, -0.15) is 0 Å². The molecule has 0 radical (unpaired) electrons. The van der Waals surface area contributed by atoms with Crippen LogP contribution < -0.4 is 0 Å². The van der Waals surface area contributed by atoms with Gasteiger partial charge in [-0.3, -0.25) is 0 Å². The molecule has 0 saturated carbocycles. The molecule has 36 valence electrons. The Morgan fingerprint density at radius 3 is 0.857 bits per heavy atom. The van der Waals surface area contributed by atoms with Crippen LogP contribution in [0.2, 0.25) is 0 Å². The van der Waals surface area contributed by atoms with Gasteiger partial charge in [0.2, 0.25) is 0 Å². The molecule has 7 heteroatoms. The summed E-state index contributed by atoms with van der Waals surface area (Å²) < 4.78 is 0. The summed E-state index contributed by atoms with van der Waals surface area (Å²) >= 11 is 0. The molecule has 0 aliphatic carbocycles. The zero-order chi connectivity index (χ0) is 4.50. The summed E-state index contributed by atoms with van der Waals surface area (Å²) in [5.41, 5.74) is 0. The summed E-state index contributed by atoms with van der Waals surface area (Å²) in [5, 5.41) is 0. The van der Waals surface area contributed by atoms with E-state index in [2.05, 4.69) is 0 Å². The van der Waals surface area contributed by atoms with Crippen molar-refractivity contribution >= 4 is 60.4 Å². The maximum Gasteiger partial charge on any atom is 0 e. The smallest absolute Gasteiger partial charge is 0 e. The monoisotopic (exact) mass is 200 g/mol. The van der Waals surface area contributed by atoms with Gasteiger partial charge in [0.25, 0.3) is 0 Å². The molecule has 0 rings (SSSR count). The third-order valence-electron chi connectivity index (χ3n) is 0. The molecule has 0 heterocycles. The third-order valence-corrected chi connectivity index (χ3v) is 0. The number of rotatable bonds is 0. The second-order valence-electron chi connectivity index (χ2n) is 0.600. The quantitative estimate of drug-likeness (QED) is 0.310. The van der Waals surface area contributed by atoms with E-state index in [1.54, 1.807) is 0 Å². The van der Waals surface area contributed by atoms with Crippen LogP contribution in [-0.2, 0) is 19.5 Å². The fourth-order valence-electron chi connectivity index (χ4n) is 0. The summed E-state index contributed by atoms with van der Waals surface area (Å²) in [6.45, 7) is 0. The van der Waals surface area contributed by atoms with Gasteiger partial charge in [0, 0.05) is 19.5 Å². The second kappa shape index (κ2) is 6.44. The Morgan fingerprint density at radius 2 is 0.857 bits per heavy atom. The van der Waals surface area contributed by atoms with E-state index in [4.69, 9.17) is 19.2 Å². The van der Waals surface area contributed by atoms with Crippen LogP contribution in [0.1, 0.15) is 0 Å². The SMILES string of the molecule is O[Si](O)(O)O.[KH].[Zn]. The predicted octanol–water partition coefficient (Wildman–Crippen LogP) is -3.26.